The molecule has 2 rings (SSSR count). The monoisotopic (exact) mass is 329 g/mol. The second kappa shape index (κ2) is 7.65. The minimum atomic E-state index is -0.219. The molecule has 0 bridgehead atoms. The Morgan fingerprint density at radius 3 is 2.63 bits per heavy atom. The topological polar surface area (TPSA) is 14.2 Å². The Bertz CT molecular complexity index is 536. The average molecular weight is 330 g/mol. The van der Waals surface area contributed by atoms with Gasteiger partial charge >= 0.3 is 0 Å². The first kappa shape index (κ1) is 16.2. The largest absolute Gasteiger partial charge is 0.385 e. The van der Waals surface area contributed by atoms with E-state index in [0.717, 1.165) is 36.0 Å². The van der Waals surface area contributed by atoms with Crippen LogP contribution in [0.15, 0.2) is 22.8 Å². The third kappa shape index (κ3) is 3.80. The number of fused-ring (bicyclic) bond motifs is 1. The van der Waals surface area contributed by atoms with Crippen molar-refractivity contribution in [3.8, 4) is 0 Å². The molecule has 0 unspecified atom stereocenters. The number of methoxy groups -OCH3 is 1. The Morgan fingerprint density at radius 1 is 1.32 bits per heavy atom. The second-order valence-corrected chi connectivity index (χ2v) is 4.99. The van der Waals surface area contributed by atoms with Crippen molar-refractivity contribution in [2.24, 2.45) is 0 Å². The zero-order chi connectivity index (χ0) is 14.4. The summed E-state index contributed by atoms with van der Waals surface area (Å²) in [4.78, 5) is 0. The van der Waals surface area contributed by atoms with Crippen molar-refractivity contribution < 1.29 is 9.13 Å². The molecule has 0 aliphatic heterocycles. The molecule has 1 aromatic carbocycles. The van der Waals surface area contributed by atoms with Gasteiger partial charge in [0.05, 0.1) is 9.99 Å². The predicted octanol–water partition coefficient (Wildman–Crippen LogP) is 4.91. The van der Waals surface area contributed by atoms with Crippen molar-refractivity contribution in [1.82, 2.24) is 4.57 Å². The summed E-state index contributed by atoms with van der Waals surface area (Å²) in [6.45, 7) is 7.61. The van der Waals surface area contributed by atoms with E-state index in [1.165, 1.54) is 0 Å². The van der Waals surface area contributed by atoms with Crippen molar-refractivity contribution in [2.45, 2.75) is 33.7 Å². The number of halogens is 2. The lowest BCUT2D eigenvalue weighted by molar-refractivity contribution is 0.190. The summed E-state index contributed by atoms with van der Waals surface area (Å²) in [5.74, 6) is -0.219. The molecule has 0 spiro atoms. The quantitative estimate of drug-likeness (QED) is 0.726. The molecule has 0 N–H and O–H groups in total. The molecule has 2 aromatic rings. The van der Waals surface area contributed by atoms with Gasteiger partial charge in [-0.05, 0) is 47.0 Å². The lowest BCUT2D eigenvalue weighted by atomic mass is 10.2. The smallest absolute Gasteiger partial charge is 0.139 e. The summed E-state index contributed by atoms with van der Waals surface area (Å²) in [7, 11) is 1.69. The zero-order valence-electron chi connectivity index (χ0n) is 12.0. The molecule has 1 aromatic heterocycles. The molecule has 1 heterocycles. The van der Waals surface area contributed by atoms with Gasteiger partial charge in [0.2, 0.25) is 0 Å². The van der Waals surface area contributed by atoms with Gasteiger partial charge in [-0.2, -0.15) is 0 Å². The highest BCUT2D eigenvalue weighted by Crippen LogP contribution is 2.27. The predicted molar refractivity (Wildman–Crippen MR) is 82.2 cm³/mol. The molecule has 0 saturated heterocycles. The summed E-state index contributed by atoms with van der Waals surface area (Å²) in [5.41, 5.74) is 2.11. The van der Waals surface area contributed by atoms with Crippen molar-refractivity contribution in [3.63, 3.8) is 0 Å². The number of benzene rings is 1. The number of hydrogen-bond donors (Lipinski definition) is 0. The van der Waals surface area contributed by atoms with Crippen molar-refractivity contribution >= 4 is 26.8 Å². The molecular weight excluding hydrogens is 309 g/mol. The third-order valence-electron chi connectivity index (χ3n) is 2.87. The first-order chi connectivity index (χ1) is 9.13. The normalized spacial score (nSPS) is 10.4. The van der Waals surface area contributed by atoms with Gasteiger partial charge in [0.15, 0.2) is 0 Å². The second-order valence-electron chi connectivity index (χ2n) is 4.14. The average Bonchev–Trinajstić information content (AvgIpc) is 2.70. The fourth-order valence-electron chi connectivity index (χ4n) is 2.03. The molecule has 0 saturated carbocycles. The van der Waals surface area contributed by atoms with E-state index in [9.17, 15) is 4.39 Å². The van der Waals surface area contributed by atoms with Crippen LogP contribution in [-0.2, 0) is 11.3 Å². The molecule has 0 aliphatic rings. The minimum absolute atomic E-state index is 0.219. The lowest BCUT2D eigenvalue weighted by Crippen LogP contribution is -2.00. The first-order valence-electron chi connectivity index (χ1n) is 6.57. The van der Waals surface area contributed by atoms with Crippen LogP contribution < -0.4 is 0 Å². The van der Waals surface area contributed by atoms with Crippen LogP contribution in [0.1, 0.15) is 25.8 Å². The summed E-state index contributed by atoms with van der Waals surface area (Å²) in [6, 6.07) is 3.42. The van der Waals surface area contributed by atoms with Crippen LogP contribution in [0.3, 0.4) is 0 Å². The number of nitrogens with zero attached hydrogens (tertiary/aromatic N) is 1. The Labute approximate surface area is 122 Å². The number of aryl methyl sites for hydroxylation is 2. The summed E-state index contributed by atoms with van der Waals surface area (Å²) in [6.07, 6.45) is 2.99. The molecule has 0 atom stereocenters. The molecule has 0 aliphatic carbocycles. The van der Waals surface area contributed by atoms with E-state index in [1.807, 2.05) is 26.8 Å². The van der Waals surface area contributed by atoms with Crippen molar-refractivity contribution in [3.05, 3.63) is 34.2 Å². The van der Waals surface area contributed by atoms with Gasteiger partial charge in [0.25, 0.3) is 0 Å². The van der Waals surface area contributed by atoms with Gasteiger partial charge < -0.3 is 9.30 Å². The molecule has 0 fully saturated rings. The van der Waals surface area contributed by atoms with Crippen LogP contribution in [-0.4, -0.2) is 18.3 Å². The van der Waals surface area contributed by atoms with Gasteiger partial charge in [-0.25, -0.2) is 4.39 Å². The fraction of sp³-hybridized carbons (Fsp3) is 0.467. The van der Waals surface area contributed by atoms with Crippen LogP contribution in [0, 0.1) is 12.7 Å². The number of rotatable bonds is 4. The van der Waals surface area contributed by atoms with Crippen LogP contribution in [0.5, 0.6) is 0 Å². The molecular formula is C15H21BrFNO. The Kier molecular flexibility index (Phi) is 6.52. The van der Waals surface area contributed by atoms with E-state index < -0.39 is 0 Å². The molecule has 0 amide bonds. The highest BCUT2D eigenvalue weighted by atomic mass is 79.9. The molecule has 2 nitrogen and oxygen atoms in total. The maximum Gasteiger partial charge on any atom is 0.139 e. The number of aromatic nitrogens is 1. The fourth-order valence-corrected chi connectivity index (χ4v) is 2.37. The molecule has 19 heavy (non-hydrogen) atoms. The van der Waals surface area contributed by atoms with Gasteiger partial charge in [0, 0.05) is 31.8 Å². The maximum atomic E-state index is 13.5. The molecule has 106 valence electrons. The van der Waals surface area contributed by atoms with Gasteiger partial charge in [-0.1, -0.05) is 13.8 Å². The van der Waals surface area contributed by atoms with E-state index in [1.54, 1.807) is 13.2 Å². The third-order valence-corrected chi connectivity index (χ3v) is 3.48. The Morgan fingerprint density at radius 2 is 2.00 bits per heavy atom. The first-order valence-corrected chi connectivity index (χ1v) is 7.36. The summed E-state index contributed by atoms with van der Waals surface area (Å²) in [5, 5.41) is 1.09. The van der Waals surface area contributed by atoms with Gasteiger partial charge in [0.1, 0.15) is 5.82 Å². The number of hydrogen-bond acceptors (Lipinski definition) is 1. The summed E-state index contributed by atoms with van der Waals surface area (Å²) < 4.78 is 21.2. The van der Waals surface area contributed by atoms with E-state index in [2.05, 4.69) is 26.7 Å². The Balaban J connectivity index is 0.000000861. The van der Waals surface area contributed by atoms with Crippen molar-refractivity contribution in [2.75, 3.05) is 13.7 Å². The Hall–Kier alpha value is -0.870. The lowest BCUT2D eigenvalue weighted by Gasteiger charge is -2.05. The van der Waals surface area contributed by atoms with E-state index >= 15 is 0 Å². The van der Waals surface area contributed by atoms with E-state index in [0.29, 0.717) is 4.47 Å². The van der Waals surface area contributed by atoms with Crippen LogP contribution >= 0.6 is 15.9 Å². The molecule has 0 radical (unpaired) electrons. The van der Waals surface area contributed by atoms with Gasteiger partial charge in [-0.15, -0.1) is 0 Å². The van der Waals surface area contributed by atoms with E-state index in [-0.39, 0.29) is 5.82 Å². The minimum Gasteiger partial charge on any atom is -0.385 e. The van der Waals surface area contributed by atoms with E-state index in [4.69, 9.17) is 4.74 Å². The highest BCUT2D eigenvalue weighted by Gasteiger charge is 2.09. The summed E-state index contributed by atoms with van der Waals surface area (Å²) >= 11 is 3.22. The molecule has 4 heteroatoms. The van der Waals surface area contributed by atoms with Crippen molar-refractivity contribution in [1.29, 1.82) is 0 Å². The highest BCUT2D eigenvalue weighted by molar-refractivity contribution is 9.10. The van der Waals surface area contributed by atoms with Crippen LogP contribution in [0.25, 0.3) is 10.9 Å². The maximum absolute atomic E-state index is 13.5. The van der Waals surface area contributed by atoms with Crippen LogP contribution in [0.4, 0.5) is 4.39 Å². The van der Waals surface area contributed by atoms with Gasteiger partial charge in [-0.3, -0.25) is 0 Å². The zero-order valence-corrected chi connectivity index (χ0v) is 13.6. The standard InChI is InChI=1S/C13H15BrFNO.C2H6/c1-9-8-16(4-3-5-17-2)13-7-12(15)11(14)6-10(9)13;1-2/h6-8H,3-5H2,1-2H3;1-2H3. The SMILES string of the molecule is CC.COCCCn1cc(C)c2cc(Br)c(F)cc21. The van der Waals surface area contributed by atoms with Crippen LogP contribution in [0.2, 0.25) is 0 Å². The number of ether oxygens (including phenoxy) is 1.